The first-order valence-corrected chi connectivity index (χ1v) is 8.08. The maximum Gasteiger partial charge on any atom is 0.125 e. The molecule has 0 amide bonds. The number of ether oxygens (including phenoxy) is 1. The first kappa shape index (κ1) is 16.2. The molecule has 1 unspecified atom stereocenters. The van der Waals surface area contributed by atoms with Gasteiger partial charge in [-0.25, -0.2) is 9.97 Å². The van der Waals surface area contributed by atoms with Crippen LogP contribution in [0.3, 0.4) is 0 Å². The fourth-order valence-electron chi connectivity index (χ4n) is 2.73. The summed E-state index contributed by atoms with van der Waals surface area (Å²) >= 11 is 5.91. The zero-order valence-corrected chi connectivity index (χ0v) is 13.8. The molecule has 23 heavy (non-hydrogen) atoms. The van der Waals surface area contributed by atoms with Crippen LogP contribution in [-0.2, 0) is 13.0 Å². The van der Waals surface area contributed by atoms with Crippen LogP contribution in [0.5, 0.6) is 5.75 Å². The lowest BCUT2D eigenvalue weighted by Crippen LogP contribution is -2.39. The Morgan fingerprint density at radius 2 is 2.30 bits per heavy atom. The van der Waals surface area contributed by atoms with E-state index in [1.54, 1.807) is 12.1 Å². The molecular formula is C17H20ClN3O2. The van der Waals surface area contributed by atoms with E-state index in [1.807, 2.05) is 25.3 Å². The Labute approximate surface area is 140 Å². The number of aliphatic hydroxyl groups is 1. The van der Waals surface area contributed by atoms with E-state index in [-0.39, 0.29) is 6.61 Å². The van der Waals surface area contributed by atoms with Crippen LogP contribution in [0.4, 0.5) is 0 Å². The Balaban J connectivity index is 1.51. The smallest absolute Gasteiger partial charge is 0.125 e. The number of rotatable bonds is 5. The summed E-state index contributed by atoms with van der Waals surface area (Å²) in [5, 5.41) is 10.8. The summed E-state index contributed by atoms with van der Waals surface area (Å²) in [4.78, 5) is 10.9. The molecule has 0 spiro atoms. The van der Waals surface area contributed by atoms with Crippen molar-refractivity contribution >= 4 is 11.6 Å². The van der Waals surface area contributed by atoms with Crippen molar-refractivity contribution in [2.75, 3.05) is 19.7 Å². The number of fused-ring (bicyclic) bond motifs is 1. The maximum atomic E-state index is 10.2. The molecule has 3 rings (SSSR count). The van der Waals surface area contributed by atoms with Gasteiger partial charge in [-0.1, -0.05) is 17.7 Å². The number of β-amino-alcohol motifs (C(OH)–C–C–N with tert-alkyl or cyclic N) is 1. The Hall–Kier alpha value is -1.69. The fourth-order valence-corrected chi connectivity index (χ4v) is 2.91. The summed E-state index contributed by atoms with van der Waals surface area (Å²) in [6, 6.07) is 7.19. The van der Waals surface area contributed by atoms with Crippen LogP contribution in [0.1, 0.15) is 17.1 Å². The van der Waals surface area contributed by atoms with Gasteiger partial charge >= 0.3 is 0 Å². The Morgan fingerprint density at radius 1 is 1.43 bits per heavy atom. The molecule has 2 aromatic rings. The minimum atomic E-state index is -0.554. The van der Waals surface area contributed by atoms with Crippen molar-refractivity contribution in [3.05, 3.63) is 52.6 Å². The predicted molar refractivity (Wildman–Crippen MR) is 88.7 cm³/mol. The average molecular weight is 334 g/mol. The molecule has 1 atom stereocenters. The summed E-state index contributed by atoms with van der Waals surface area (Å²) in [5.41, 5.74) is 2.27. The number of hydrogen-bond acceptors (Lipinski definition) is 5. The third kappa shape index (κ3) is 4.41. The normalized spacial score (nSPS) is 16.0. The van der Waals surface area contributed by atoms with Gasteiger partial charge in [0.1, 0.15) is 24.3 Å². The summed E-state index contributed by atoms with van der Waals surface area (Å²) in [7, 11) is 0. The third-order valence-corrected chi connectivity index (χ3v) is 4.08. The summed E-state index contributed by atoms with van der Waals surface area (Å²) in [6.07, 6.45) is 2.22. The number of aliphatic hydroxyl groups excluding tert-OH is 1. The standard InChI is InChI=1S/C17H20ClN3O2/c1-12-19-8-13-9-21(6-5-17(13)20-12)10-15(22)11-23-16-4-2-3-14(18)7-16/h2-4,7-8,15,22H,5-6,9-11H2,1H3. The van der Waals surface area contributed by atoms with E-state index in [4.69, 9.17) is 16.3 Å². The van der Waals surface area contributed by atoms with Gasteiger partial charge < -0.3 is 9.84 Å². The van der Waals surface area contributed by atoms with Crippen molar-refractivity contribution in [1.82, 2.24) is 14.9 Å². The quantitative estimate of drug-likeness (QED) is 0.909. The molecule has 0 bridgehead atoms. The Morgan fingerprint density at radius 3 is 3.13 bits per heavy atom. The highest BCUT2D eigenvalue weighted by molar-refractivity contribution is 6.30. The number of hydrogen-bond donors (Lipinski definition) is 1. The van der Waals surface area contributed by atoms with Crippen LogP contribution >= 0.6 is 11.6 Å². The molecule has 0 fully saturated rings. The molecule has 1 aromatic heterocycles. The zero-order valence-electron chi connectivity index (χ0n) is 13.1. The molecule has 1 aliphatic rings. The zero-order chi connectivity index (χ0) is 16.2. The molecule has 1 N–H and O–H groups in total. The molecule has 0 saturated heterocycles. The number of halogens is 1. The first-order chi connectivity index (χ1) is 11.1. The highest BCUT2D eigenvalue weighted by Gasteiger charge is 2.20. The highest BCUT2D eigenvalue weighted by Crippen LogP contribution is 2.18. The van der Waals surface area contributed by atoms with Crippen LogP contribution in [0.2, 0.25) is 5.02 Å². The minimum absolute atomic E-state index is 0.244. The molecule has 122 valence electrons. The number of benzene rings is 1. The van der Waals surface area contributed by atoms with Gasteiger partial charge in [-0.2, -0.15) is 0 Å². The molecule has 0 saturated carbocycles. The maximum absolute atomic E-state index is 10.2. The van der Waals surface area contributed by atoms with Gasteiger partial charge in [0, 0.05) is 48.5 Å². The molecule has 5 nitrogen and oxygen atoms in total. The van der Waals surface area contributed by atoms with Gasteiger partial charge in [0.15, 0.2) is 0 Å². The second kappa shape index (κ2) is 7.25. The van der Waals surface area contributed by atoms with Crippen LogP contribution in [0, 0.1) is 6.92 Å². The van der Waals surface area contributed by atoms with E-state index in [2.05, 4.69) is 14.9 Å². The molecule has 0 radical (unpaired) electrons. The van der Waals surface area contributed by atoms with Gasteiger partial charge in [-0.15, -0.1) is 0 Å². The van der Waals surface area contributed by atoms with Gasteiger partial charge in [-0.05, 0) is 25.1 Å². The number of aromatic nitrogens is 2. The summed E-state index contributed by atoms with van der Waals surface area (Å²) in [6.45, 7) is 4.37. The van der Waals surface area contributed by atoms with Crippen LogP contribution < -0.4 is 4.74 Å². The van der Waals surface area contributed by atoms with Crippen molar-refractivity contribution in [3.8, 4) is 5.75 Å². The second-order valence-corrected chi connectivity index (χ2v) is 6.23. The molecular weight excluding hydrogens is 314 g/mol. The van der Waals surface area contributed by atoms with Gasteiger partial charge in [-0.3, -0.25) is 4.90 Å². The van der Waals surface area contributed by atoms with Gasteiger partial charge in [0.25, 0.3) is 0 Å². The van der Waals surface area contributed by atoms with Gasteiger partial charge in [0.2, 0.25) is 0 Å². The lowest BCUT2D eigenvalue weighted by atomic mass is 10.1. The lowest BCUT2D eigenvalue weighted by molar-refractivity contribution is 0.0634. The third-order valence-electron chi connectivity index (χ3n) is 3.84. The van der Waals surface area contributed by atoms with Crippen molar-refractivity contribution < 1.29 is 9.84 Å². The fraction of sp³-hybridized carbons (Fsp3) is 0.412. The van der Waals surface area contributed by atoms with Crippen LogP contribution in [-0.4, -0.2) is 45.8 Å². The van der Waals surface area contributed by atoms with E-state index in [0.717, 1.165) is 36.6 Å². The average Bonchev–Trinajstić information content (AvgIpc) is 2.53. The summed E-state index contributed by atoms with van der Waals surface area (Å²) in [5.74, 6) is 1.48. The Kier molecular flexibility index (Phi) is 5.10. The lowest BCUT2D eigenvalue weighted by Gasteiger charge is -2.29. The largest absolute Gasteiger partial charge is 0.491 e. The van der Waals surface area contributed by atoms with E-state index in [0.29, 0.717) is 17.3 Å². The van der Waals surface area contributed by atoms with E-state index < -0.39 is 6.10 Å². The number of nitrogens with zero attached hydrogens (tertiary/aromatic N) is 3. The Bertz CT molecular complexity index is 681. The monoisotopic (exact) mass is 333 g/mol. The molecule has 6 heteroatoms. The van der Waals surface area contributed by atoms with Crippen molar-refractivity contribution in [3.63, 3.8) is 0 Å². The second-order valence-electron chi connectivity index (χ2n) is 5.80. The minimum Gasteiger partial charge on any atom is -0.491 e. The summed E-state index contributed by atoms with van der Waals surface area (Å²) < 4.78 is 5.59. The molecule has 0 aliphatic carbocycles. The van der Waals surface area contributed by atoms with Crippen molar-refractivity contribution in [2.24, 2.45) is 0 Å². The van der Waals surface area contributed by atoms with Crippen molar-refractivity contribution in [2.45, 2.75) is 26.0 Å². The van der Waals surface area contributed by atoms with E-state index >= 15 is 0 Å². The number of aryl methyl sites for hydroxylation is 1. The van der Waals surface area contributed by atoms with Crippen LogP contribution in [0.25, 0.3) is 0 Å². The van der Waals surface area contributed by atoms with Gasteiger partial charge in [0.05, 0.1) is 0 Å². The molecule has 2 heterocycles. The van der Waals surface area contributed by atoms with E-state index in [1.165, 1.54) is 0 Å². The molecule has 1 aliphatic heterocycles. The SMILES string of the molecule is Cc1ncc2c(n1)CCN(CC(O)COc1cccc(Cl)c1)C2. The highest BCUT2D eigenvalue weighted by atomic mass is 35.5. The molecule has 1 aromatic carbocycles. The topological polar surface area (TPSA) is 58.5 Å². The van der Waals surface area contributed by atoms with Crippen molar-refractivity contribution in [1.29, 1.82) is 0 Å². The van der Waals surface area contributed by atoms with Crippen LogP contribution in [0.15, 0.2) is 30.5 Å². The van der Waals surface area contributed by atoms with E-state index in [9.17, 15) is 5.11 Å². The predicted octanol–water partition coefficient (Wildman–Crippen LogP) is 2.24. The first-order valence-electron chi connectivity index (χ1n) is 7.70.